The van der Waals surface area contributed by atoms with Crippen molar-refractivity contribution in [2.75, 3.05) is 20.7 Å². The molecule has 0 rings (SSSR count). The predicted molar refractivity (Wildman–Crippen MR) is 91.4 cm³/mol. The molecular weight excluding hydrogens is 286 g/mol. The Morgan fingerprint density at radius 2 is 2.10 bits per heavy atom. The van der Waals surface area contributed by atoms with E-state index in [1.807, 2.05) is 13.1 Å². The highest BCUT2D eigenvalue weighted by atomic mass is 32.1. The largest absolute Gasteiger partial charge is 0.396 e. The minimum Gasteiger partial charge on any atom is -0.396 e. The SMILES string of the molecule is CCC(/C=N\C(=C(/C)C(=S)NC)N(C)C(C)=O)CCCO. The molecule has 21 heavy (non-hydrogen) atoms. The van der Waals surface area contributed by atoms with Crippen molar-refractivity contribution in [2.45, 2.75) is 40.0 Å². The molecule has 0 aromatic carbocycles. The molecule has 0 aliphatic rings. The van der Waals surface area contributed by atoms with Crippen LogP contribution in [0.1, 0.15) is 40.0 Å². The summed E-state index contributed by atoms with van der Waals surface area (Å²) < 4.78 is 0. The number of rotatable bonds is 8. The van der Waals surface area contributed by atoms with Gasteiger partial charge < -0.3 is 10.4 Å². The fraction of sp³-hybridized carbons (Fsp3) is 0.667. The van der Waals surface area contributed by atoms with E-state index in [9.17, 15) is 4.79 Å². The van der Waals surface area contributed by atoms with E-state index in [1.165, 1.54) is 11.8 Å². The lowest BCUT2D eigenvalue weighted by molar-refractivity contribution is -0.125. The number of carbonyl (C=O) groups is 1. The van der Waals surface area contributed by atoms with Gasteiger partial charge in [0.2, 0.25) is 5.91 Å². The summed E-state index contributed by atoms with van der Waals surface area (Å²) in [5.74, 6) is 0.747. The maximum absolute atomic E-state index is 11.6. The number of aliphatic imine (C=N–C) groups is 1. The average Bonchev–Trinajstić information content (AvgIpc) is 2.48. The molecule has 0 fully saturated rings. The highest BCUT2D eigenvalue weighted by Gasteiger charge is 2.14. The number of thiocarbonyl (C=S) groups is 1. The van der Waals surface area contributed by atoms with Gasteiger partial charge in [0, 0.05) is 39.4 Å². The van der Waals surface area contributed by atoms with Crippen LogP contribution in [0, 0.1) is 5.92 Å². The summed E-state index contributed by atoms with van der Waals surface area (Å²) >= 11 is 5.22. The van der Waals surface area contributed by atoms with Crippen LogP contribution in [0.15, 0.2) is 16.4 Å². The van der Waals surface area contributed by atoms with Crippen LogP contribution in [-0.2, 0) is 4.79 Å². The molecule has 1 unspecified atom stereocenters. The zero-order valence-corrected chi connectivity index (χ0v) is 14.5. The fourth-order valence-electron chi connectivity index (χ4n) is 1.79. The molecule has 0 aliphatic carbocycles. The fourth-order valence-corrected chi connectivity index (χ4v) is 1.88. The first-order valence-corrected chi connectivity index (χ1v) is 7.62. The monoisotopic (exact) mass is 313 g/mol. The second kappa shape index (κ2) is 10.5. The summed E-state index contributed by atoms with van der Waals surface area (Å²) in [5.41, 5.74) is 0.762. The van der Waals surface area contributed by atoms with E-state index in [-0.39, 0.29) is 18.4 Å². The van der Waals surface area contributed by atoms with Gasteiger partial charge in [0.1, 0.15) is 10.8 Å². The Labute approximate surface area is 133 Å². The highest BCUT2D eigenvalue weighted by molar-refractivity contribution is 7.80. The van der Waals surface area contributed by atoms with Crippen molar-refractivity contribution in [2.24, 2.45) is 10.9 Å². The second-order valence-corrected chi connectivity index (χ2v) is 5.33. The second-order valence-electron chi connectivity index (χ2n) is 4.92. The van der Waals surface area contributed by atoms with Crippen LogP contribution in [0.25, 0.3) is 0 Å². The Kier molecular flexibility index (Phi) is 9.82. The third-order valence-corrected chi connectivity index (χ3v) is 3.87. The molecule has 5 nitrogen and oxygen atoms in total. The number of hydrogen-bond acceptors (Lipinski definition) is 4. The first kappa shape index (κ1) is 19.7. The molecule has 0 aromatic rings. The third-order valence-electron chi connectivity index (χ3n) is 3.36. The van der Waals surface area contributed by atoms with Crippen molar-refractivity contribution < 1.29 is 9.90 Å². The topological polar surface area (TPSA) is 64.9 Å². The lowest BCUT2D eigenvalue weighted by Crippen LogP contribution is -2.27. The number of hydrogen-bond donors (Lipinski definition) is 2. The van der Waals surface area contributed by atoms with Crippen molar-refractivity contribution in [3.63, 3.8) is 0 Å². The normalized spacial score (nSPS) is 13.8. The van der Waals surface area contributed by atoms with E-state index in [1.54, 1.807) is 14.1 Å². The van der Waals surface area contributed by atoms with E-state index in [0.717, 1.165) is 24.8 Å². The van der Waals surface area contributed by atoms with Crippen molar-refractivity contribution in [3.05, 3.63) is 11.4 Å². The van der Waals surface area contributed by atoms with Crippen LogP contribution in [0.4, 0.5) is 0 Å². The number of amides is 1. The summed E-state index contributed by atoms with van der Waals surface area (Å²) in [6.07, 6.45) is 4.42. The zero-order chi connectivity index (χ0) is 16.4. The maximum Gasteiger partial charge on any atom is 0.224 e. The lowest BCUT2D eigenvalue weighted by Gasteiger charge is -2.19. The predicted octanol–water partition coefficient (Wildman–Crippen LogP) is 2.11. The molecular formula is C15H27N3O2S. The van der Waals surface area contributed by atoms with Gasteiger partial charge >= 0.3 is 0 Å². The summed E-state index contributed by atoms with van der Waals surface area (Å²) in [7, 11) is 3.43. The minimum atomic E-state index is -0.0937. The first-order chi connectivity index (χ1) is 9.88. The Morgan fingerprint density at radius 3 is 2.52 bits per heavy atom. The van der Waals surface area contributed by atoms with Crippen LogP contribution < -0.4 is 5.32 Å². The third kappa shape index (κ3) is 6.82. The number of aliphatic hydroxyl groups is 1. The molecule has 0 spiro atoms. The van der Waals surface area contributed by atoms with Gasteiger partial charge in [0.15, 0.2) is 0 Å². The van der Waals surface area contributed by atoms with Crippen LogP contribution in [0.5, 0.6) is 0 Å². The van der Waals surface area contributed by atoms with Crippen molar-refractivity contribution in [1.29, 1.82) is 0 Å². The Bertz CT molecular complexity index is 419. The molecule has 0 saturated carbocycles. The number of likely N-dealkylation sites (N-methyl/N-ethyl adjacent to an activating group) is 1. The lowest BCUT2D eigenvalue weighted by atomic mass is 10.0. The van der Waals surface area contributed by atoms with E-state index >= 15 is 0 Å². The summed E-state index contributed by atoms with van der Waals surface area (Å²) in [5, 5.41) is 11.8. The molecule has 1 amide bonds. The number of carbonyl (C=O) groups excluding carboxylic acids is 1. The molecule has 2 N–H and O–H groups in total. The Hall–Kier alpha value is -1.27. The summed E-state index contributed by atoms with van der Waals surface area (Å²) in [4.78, 5) is 18.2. The smallest absolute Gasteiger partial charge is 0.224 e. The molecule has 0 heterocycles. The van der Waals surface area contributed by atoms with Crippen LogP contribution in [0.2, 0.25) is 0 Å². The van der Waals surface area contributed by atoms with E-state index < -0.39 is 0 Å². The summed E-state index contributed by atoms with van der Waals surface area (Å²) in [6, 6.07) is 0. The maximum atomic E-state index is 11.6. The zero-order valence-electron chi connectivity index (χ0n) is 13.6. The van der Waals surface area contributed by atoms with Gasteiger partial charge in [-0.25, -0.2) is 4.99 Å². The van der Waals surface area contributed by atoms with Crippen molar-refractivity contribution in [1.82, 2.24) is 10.2 Å². The van der Waals surface area contributed by atoms with Gasteiger partial charge in [-0.05, 0) is 32.1 Å². The van der Waals surface area contributed by atoms with Crippen molar-refractivity contribution >= 4 is 29.3 Å². The van der Waals surface area contributed by atoms with Gasteiger partial charge in [-0.2, -0.15) is 0 Å². The van der Waals surface area contributed by atoms with Gasteiger partial charge in [-0.15, -0.1) is 0 Å². The molecule has 6 heteroatoms. The quantitative estimate of drug-likeness (QED) is 0.409. The molecule has 0 aromatic heterocycles. The minimum absolute atomic E-state index is 0.0937. The van der Waals surface area contributed by atoms with Gasteiger partial charge in [-0.1, -0.05) is 19.1 Å². The summed E-state index contributed by atoms with van der Waals surface area (Å²) in [6.45, 7) is 5.61. The Morgan fingerprint density at radius 1 is 1.48 bits per heavy atom. The van der Waals surface area contributed by atoms with Crippen LogP contribution in [0.3, 0.4) is 0 Å². The number of nitrogens with one attached hydrogen (secondary N) is 1. The molecule has 0 bridgehead atoms. The van der Waals surface area contributed by atoms with E-state index in [0.29, 0.717) is 10.8 Å². The standard InChI is InChI=1S/C15H27N3O2S/c1-6-13(8-7-9-19)10-17-14(18(5)12(3)20)11(2)15(21)16-4/h10,13,19H,6-9H2,1-5H3,(H,16,21)/b14-11-,17-10-. The molecule has 0 saturated heterocycles. The highest BCUT2D eigenvalue weighted by Crippen LogP contribution is 2.14. The first-order valence-electron chi connectivity index (χ1n) is 7.21. The van der Waals surface area contributed by atoms with Crippen LogP contribution >= 0.6 is 12.2 Å². The molecule has 0 aliphatic heterocycles. The number of nitrogens with zero attached hydrogens (tertiary/aromatic N) is 2. The van der Waals surface area contributed by atoms with Crippen LogP contribution in [-0.4, -0.2) is 47.8 Å². The van der Waals surface area contributed by atoms with E-state index in [2.05, 4.69) is 17.2 Å². The number of aliphatic hydroxyl groups excluding tert-OH is 1. The van der Waals surface area contributed by atoms with Gasteiger partial charge in [-0.3, -0.25) is 9.69 Å². The molecule has 120 valence electrons. The average molecular weight is 313 g/mol. The molecule has 0 radical (unpaired) electrons. The van der Waals surface area contributed by atoms with Gasteiger partial charge in [0.25, 0.3) is 0 Å². The van der Waals surface area contributed by atoms with E-state index in [4.69, 9.17) is 17.3 Å². The molecule has 1 atom stereocenters. The Balaban J connectivity index is 5.33. The van der Waals surface area contributed by atoms with Crippen molar-refractivity contribution in [3.8, 4) is 0 Å². The van der Waals surface area contributed by atoms with Gasteiger partial charge in [0.05, 0.1) is 0 Å².